The maximum Gasteiger partial charge on any atom is 0.407 e. The third-order valence-corrected chi connectivity index (χ3v) is 4.22. The van der Waals surface area contributed by atoms with Crippen LogP contribution in [0.25, 0.3) is 0 Å². The Morgan fingerprint density at radius 3 is 2.41 bits per heavy atom. The zero-order chi connectivity index (χ0) is 20.6. The Bertz CT molecular complexity index is 910. The highest BCUT2D eigenvalue weighted by molar-refractivity contribution is 6.17. The maximum absolute atomic E-state index is 12.1. The summed E-state index contributed by atoms with van der Waals surface area (Å²) in [5.41, 5.74) is 2.53. The Hall–Kier alpha value is -3.65. The Morgan fingerprint density at radius 1 is 1.00 bits per heavy atom. The fraction of sp³-hybridized carbons (Fsp3) is 0.190. The second-order valence-corrected chi connectivity index (χ2v) is 6.31. The van der Waals surface area contributed by atoms with Crippen LogP contribution in [0.3, 0.4) is 0 Å². The van der Waals surface area contributed by atoms with Gasteiger partial charge in [-0.05, 0) is 23.3 Å². The molecule has 2 aromatic carbocycles. The molecule has 2 aromatic rings. The average Bonchev–Trinajstić information content (AvgIpc) is 3.00. The van der Waals surface area contributed by atoms with E-state index in [4.69, 9.17) is 9.84 Å². The summed E-state index contributed by atoms with van der Waals surface area (Å²) in [4.78, 5) is 36.6. The molecule has 3 N–H and O–H groups in total. The topological polar surface area (TPSA) is 108 Å². The lowest BCUT2D eigenvalue weighted by atomic mass is 10.2. The normalized spacial score (nSPS) is 13.3. The van der Waals surface area contributed by atoms with Crippen molar-refractivity contribution in [2.75, 3.05) is 18.5 Å². The number of aliphatic hydroxyl groups is 1. The second kappa shape index (κ2) is 9.52. The number of anilines is 1. The molecule has 1 heterocycles. The monoisotopic (exact) mass is 395 g/mol. The number of hydrogen-bond donors (Lipinski definition) is 3. The first-order chi connectivity index (χ1) is 14.1. The minimum absolute atomic E-state index is 0.0374. The van der Waals surface area contributed by atoms with Gasteiger partial charge in [0, 0.05) is 18.3 Å². The van der Waals surface area contributed by atoms with Gasteiger partial charge in [0.25, 0.3) is 11.8 Å². The van der Waals surface area contributed by atoms with Gasteiger partial charge < -0.3 is 20.5 Å². The van der Waals surface area contributed by atoms with Crippen LogP contribution in [0.5, 0.6) is 0 Å². The molecular weight excluding hydrogens is 374 g/mol. The summed E-state index contributed by atoms with van der Waals surface area (Å²) < 4.78 is 5.15. The lowest BCUT2D eigenvalue weighted by Gasteiger charge is -2.13. The summed E-state index contributed by atoms with van der Waals surface area (Å²) in [5, 5.41) is 14.5. The highest BCUT2D eigenvalue weighted by Crippen LogP contribution is 2.17. The van der Waals surface area contributed by atoms with Gasteiger partial charge in [-0.3, -0.25) is 14.5 Å². The molecule has 29 heavy (non-hydrogen) atoms. The number of carbonyl (C=O) groups excluding carboxylic acids is 3. The molecule has 1 aliphatic rings. The third-order valence-electron chi connectivity index (χ3n) is 4.22. The maximum atomic E-state index is 12.1. The number of carbonyl (C=O) groups is 3. The van der Waals surface area contributed by atoms with E-state index in [1.54, 1.807) is 24.3 Å². The van der Waals surface area contributed by atoms with Gasteiger partial charge >= 0.3 is 6.09 Å². The minimum Gasteiger partial charge on any atom is -0.445 e. The zero-order valence-electron chi connectivity index (χ0n) is 15.6. The van der Waals surface area contributed by atoms with Crippen LogP contribution in [0.1, 0.15) is 11.1 Å². The Morgan fingerprint density at radius 2 is 1.72 bits per heavy atom. The molecule has 0 aliphatic carbocycles. The fourth-order valence-corrected chi connectivity index (χ4v) is 2.72. The summed E-state index contributed by atoms with van der Waals surface area (Å²) in [6, 6.07) is 16.4. The van der Waals surface area contributed by atoms with Gasteiger partial charge in [0.1, 0.15) is 12.3 Å². The Balaban J connectivity index is 1.46. The number of aliphatic hydroxyl groups excluding tert-OH is 1. The summed E-state index contributed by atoms with van der Waals surface area (Å²) in [6.07, 6.45) is 0.691. The van der Waals surface area contributed by atoms with Crippen molar-refractivity contribution in [3.8, 4) is 0 Å². The van der Waals surface area contributed by atoms with E-state index in [1.807, 2.05) is 30.3 Å². The summed E-state index contributed by atoms with van der Waals surface area (Å²) in [7, 11) is 0. The number of β-amino-alcohol motifs (C(OH)–C–C–N with tert-alkyl or cyclic N) is 1. The molecule has 0 unspecified atom stereocenters. The van der Waals surface area contributed by atoms with E-state index in [1.165, 1.54) is 6.08 Å². The molecule has 3 amide bonds. The quantitative estimate of drug-likeness (QED) is 0.588. The minimum atomic E-state index is -0.514. The van der Waals surface area contributed by atoms with Crippen molar-refractivity contribution in [3.05, 3.63) is 77.5 Å². The van der Waals surface area contributed by atoms with Crippen molar-refractivity contribution in [2.24, 2.45) is 0 Å². The third kappa shape index (κ3) is 5.43. The smallest absolute Gasteiger partial charge is 0.407 e. The average molecular weight is 395 g/mol. The van der Waals surface area contributed by atoms with Crippen LogP contribution in [0, 0.1) is 0 Å². The van der Waals surface area contributed by atoms with Crippen LogP contribution in [-0.4, -0.2) is 41.1 Å². The highest BCUT2D eigenvalue weighted by Gasteiger charge is 2.30. The number of nitrogens with zero attached hydrogens (tertiary/aromatic N) is 1. The molecule has 0 aromatic heterocycles. The van der Waals surface area contributed by atoms with Crippen LogP contribution in [-0.2, 0) is 27.5 Å². The number of benzene rings is 2. The SMILES string of the molecule is O=C(NCc1ccc(NC2=CC(=O)N(CCO)C2=O)cc1)OCc1ccccc1. The Labute approximate surface area is 167 Å². The van der Waals surface area contributed by atoms with E-state index < -0.39 is 17.9 Å². The predicted octanol–water partition coefficient (Wildman–Crippen LogP) is 1.77. The molecule has 0 spiro atoms. The van der Waals surface area contributed by atoms with Crippen LogP contribution in [0.15, 0.2) is 66.4 Å². The molecule has 0 radical (unpaired) electrons. The van der Waals surface area contributed by atoms with E-state index in [2.05, 4.69) is 10.6 Å². The molecule has 8 nitrogen and oxygen atoms in total. The first-order valence-corrected chi connectivity index (χ1v) is 9.05. The van der Waals surface area contributed by atoms with E-state index in [0.29, 0.717) is 5.69 Å². The standard InChI is InChI=1S/C21H21N3O5/c25-11-10-24-19(26)12-18(20(24)27)23-17-8-6-15(7-9-17)13-22-21(28)29-14-16-4-2-1-3-5-16/h1-9,12,23,25H,10-11,13-14H2,(H,22,28). The van der Waals surface area contributed by atoms with Crippen molar-refractivity contribution in [3.63, 3.8) is 0 Å². The lowest BCUT2D eigenvalue weighted by Crippen LogP contribution is -2.34. The van der Waals surface area contributed by atoms with Crippen LogP contribution in [0.2, 0.25) is 0 Å². The van der Waals surface area contributed by atoms with Crippen molar-refractivity contribution < 1.29 is 24.2 Å². The van der Waals surface area contributed by atoms with Crippen LogP contribution < -0.4 is 10.6 Å². The van der Waals surface area contributed by atoms with Crippen molar-refractivity contribution >= 4 is 23.6 Å². The van der Waals surface area contributed by atoms with Crippen LogP contribution >= 0.6 is 0 Å². The largest absolute Gasteiger partial charge is 0.445 e. The van der Waals surface area contributed by atoms with Gasteiger partial charge in [-0.1, -0.05) is 42.5 Å². The molecule has 150 valence electrons. The molecule has 8 heteroatoms. The lowest BCUT2D eigenvalue weighted by molar-refractivity contribution is -0.137. The number of ether oxygens (including phenoxy) is 1. The van der Waals surface area contributed by atoms with Crippen molar-refractivity contribution in [1.29, 1.82) is 0 Å². The van der Waals surface area contributed by atoms with E-state index in [0.717, 1.165) is 16.0 Å². The molecular formula is C21H21N3O5. The summed E-state index contributed by atoms with van der Waals surface area (Å²) in [5.74, 6) is -0.933. The van der Waals surface area contributed by atoms with Gasteiger partial charge in [0.2, 0.25) is 0 Å². The van der Waals surface area contributed by atoms with Gasteiger partial charge in [0.05, 0.1) is 13.2 Å². The van der Waals surface area contributed by atoms with E-state index >= 15 is 0 Å². The van der Waals surface area contributed by atoms with Gasteiger partial charge in [0.15, 0.2) is 0 Å². The van der Waals surface area contributed by atoms with Gasteiger partial charge in [-0.25, -0.2) is 4.79 Å². The van der Waals surface area contributed by atoms with Gasteiger partial charge in [-0.2, -0.15) is 0 Å². The van der Waals surface area contributed by atoms with E-state index in [9.17, 15) is 14.4 Å². The number of amides is 3. The summed E-state index contributed by atoms with van der Waals surface area (Å²) >= 11 is 0. The van der Waals surface area contributed by atoms with Gasteiger partial charge in [-0.15, -0.1) is 0 Å². The second-order valence-electron chi connectivity index (χ2n) is 6.31. The first kappa shape index (κ1) is 20.1. The molecule has 0 saturated heterocycles. The predicted molar refractivity (Wildman–Crippen MR) is 105 cm³/mol. The van der Waals surface area contributed by atoms with Crippen molar-refractivity contribution in [2.45, 2.75) is 13.2 Å². The number of imide groups is 1. The highest BCUT2D eigenvalue weighted by atomic mass is 16.5. The molecule has 3 rings (SSSR count). The Kier molecular flexibility index (Phi) is 6.59. The fourth-order valence-electron chi connectivity index (χ4n) is 2.72. The number of rotatable bonds is 8. The number of nitrogens with one attached hydrogen (secondary N) is 2. The van der Waals surface area contributed by atoms with Crippen molar-refractivity contribution in [1.82, 2.24) is 10.2 Å². The van der Waals surface area contributed by atoms with E-state index in [-0.39, 0.29) is 32.0 Å². The molecule has 0 bridgehead atoms. The molecule has 0 fully saturated rings. The molecule has 0 atom stereocenters. The first-order valence-electron chi connectivity index (χ1n) is 9.05. The summed E-state index contributed by atoms with van der Waals surface area (Å²) in [6.45, 7) is 0.168. The molecule has 0 saturated carbocycles. The number of alkyl carbamates (subject to hydrolysis) is 1. The number of hydrogen-bond acceptors (Lipinski definition) is 6. The molecule has 1 aliphatic heterocycles. The zero-order valence-corrected chi connectivity index (χ0v) is 15.6. The van der Waals surface area contributed by atoms with Crippen LogP contribution in [0.4, 0.5) is 10.5 Å².